The predicted octanol–water partition coefficient (Wildman–Crippen LogP) is 3.73. The third kappa shape index (κ3) is 4.55. The van der Waals surface area contributed by atoms with E-state index in [9.17, 15) is 9.59 Å². The van der Waals surface area contributed by atoms with Crippen molar-refractivity contribution in [3.63, 3.8) is 0 Å². The number of nitrogens with zero attached hydrogens (tertiary/aromatic N) is 3. The molecular formula is C24H28N4O3. The average Bonchev–Trinajstić information content (AvgIpc) is 2.80. The van der Waals surface area contributed by atoms with Crippen LogP contribution in [0.5, 0.6) is 5.75 Å². The number of ether oxygens (including phenoxy) is 1. The largest absolute Gasteiger partial charge is 0.497 e. The Balaban J connectivity index is 1.56. The number of methoxy groups -OCH3 is 1. The lowest BCUT2D eigenvalue weighted by atomic mass is 10.1. The highest BCUT2D eigenvalue weighted by atomic mass is 16.5. The number of aryl methyl sites for hydroxylation is 2. The molecule has 31 heavy (non-hydrogen) atoms. The third-order valence-electron chi connectivity index (χ3n) is 5.76. The van der Waals surface area contributed by atoms with Gasteiger partial charge in [-0.25, -0.2) is 4.98 Å². The van der Waals surface area contributed by atoms with Crippen molar-refractivity contribution in [2.24, 2.45) is 0 Å². The molecule has 2 heterocycles. The normalized spacial score (nSPS) is 13.9. The van der Waals surface area contributed by atoms with Crippen molar-refractivity contribution in [1.82, 2.24) is 9.55 Å². The highest BCUT2D eigenvalue weighted by Crippen LogP contribution is 2.22. The molecule has 1 aliphatic heterocycles. The maximum Gasteiger partial charge on any atom is 0.294 e. The molecule has 7 nitrogen and oxygen atoms in total. The summed E-state index contributed by atoms with van der Waals surface area (Å²) in [6.07, 6.45) is 3.51. The number of benzene rings is 2. The Kier molecular flexibility index (Phi) is 6.21. The Morgan fingerprint density at radius 2 is 1.90 bits per heavy atom. The van der Waals surface area contributed by atoms with E-state index in [4.69, 9.17) is 4.74 Å². The molecule has 4 rings (SSSR count). The van der Waals surface area contributed by atoms with Crippen molar-refractivity contribution < 1.29 is 9.53 Å². The van der Waals surface area contributed by atoms with Crippen LogP contribution in [0, 0.1) is 6.92 Å². The van der Waals surface area contributed by atoms with Gasteiger partial charge in [-0.05, 0) is 62.1 Å². The Morgan fingerprint density at radius 1 is 1.13 bits per heavy atom. The van der Waals surface area contributed by atoms with E-state index in [2.05, 4.69) is 15.2 Å². The van der Waals surface area contributed by atoms with Crippen molar-refractivity contribution in [3.8, 4) is 5.75 Å². The lowest BCUT2D eigenvalue weighted by Crippen LogP contribution is -2.37. The summed E-state index contributed by atoms with van der Waals surface area (Å²) >= 11 is 0. The fourth-order valence-corrected chi connectivity index (χ4v) is 4.04. The molecule has 0 aliphatic carbocycles. The lowest BCUT2D eigenvalue weighted by Gasteiger charge is -2.27. The van der Waals surface area contributed by atoms with E-state index in [0.717, 1.165) is 54.0 Å². The fraction of sp³-hybridized carbons (Fsp3) is 0.375. The first kappa shape index (κ1) is 20.9. The van der Waals surface area contributed by atoms with Gasteiger partial charge in [0.05, 0.1) is 18.1 Å². The van der Waals surface area contributed by atoms with E-state index >= 15 is 0 Å². The summed E-state index contributed by atoms with van der Waals surface area (Å²) in [4.78, 5) is 32.7. The van der Waals surface area contributed by atoms with Gasteiger partial charge in [0.15, 0.2) is 5.82 Å². The van der Waals surface area contributed by atoms with Crippen LogP contribution in [0.4, 0.5) is 11.5 Å². The lowest BCUT2D eigenvalue weighted by molar-refractivity contribution is -0.116. The number of hydrogen-bond donors (Lipinski definition) is 1. The summed E-state index contributed by atoms with van der Waals surface area (Å²) in [5.74, 6) is 1.10. The van der Waals surface area contributed by atoms with Crippen LogP contribution < -0.4 is 20.5 Å². The van der Waals surface area contributed by atoms with Gasteiger partial charge in [-0.15, -0.1) is 0 Å². The van der Waals surface area contributed by atoms with E-state index in [1.54, 1.807) is 11.7 Å². The number of carbonyl (C=O) groups is 1. The van der Waals surface area contributed by atoms with Crippen LogP contribution in [-0.4, -0.2) is 35.7 Å². The molecule has 1 fully saturated rings. The standard InChI is InChI=1S/C24H28N4O3/c1-17-16-18(31-2)10-11-19(17)25-22(29)12-15-28-21-9-5-4-8-20(21)26-23(24(28)30)27-13-6-3-7-14-27/h4-5,8-11,16H,3,6-7,12-15H2,1-2H3,(H,25,29). The van der Waals surface area contributed by atoms with E-state index in [0.29, 0.717) is 12.4 Å². The van der Waals surface area contributed by atoms with Gasteiger partial charge in [-0.2, -0.15) is 0 Å². The zero-order valence-corrected chi connectivity index (χ0v) is 18.1. The highest BCUT2D eigenvalue weighted by molar-refractivity contribution is 5.91. The number of piperidine rings is 1. The van der Waals surface area contributed by atoms with Gasteiger partial charge in [0.1, 0.15) is 5.75 Å². The summed E-state index contributed by atoms with van der Waals surface area (Å²) in [5.41, 5.74) is 3.06. The van der Waals surface area contributed by atoms with E-state index in [-0.39, 0.29) is 17.9 Å². The minimum absolute atomic E-state index is 0.131. The first-order chi connectivity index (χ1) is 15.1. The number of hydrogen-bond acceptors (Lipinski definition) is 5. The molecule has 0 spiro atoms. The van der Waals surface area contributed by atoms with Crippen LogP contribution in [0.15, 0.2) is 47.3 Å². The van der Waals surface area contributed by atoms with Crippen LogP contribution >= 0.6 is 0 Å². The molecule has 162 valence electrons. The molecule has 1 N–H and O–H groups in total. The molecule has 3 aromatic rings. The van der Waals surface area contributed by atoms with Crippen molar-refractivity contribution in [1.29, 1.82) is 0 Å². The molecule has 0 atom stereocenters. The van der Waals surface area contributed by atoms with Gasteiger partial charge in [0, 0.05) is 31.7 Å². The first-order valence-corrected chi connectivity index (χ1v) is 10.8. The van der Waals surface area contributed by atoms with Crippen molar-refractivity contribution in [2.45, 2.75) is 39.2 Å². The number of amides is 1. The van der Waals surface area contributed by atoms with Crippen LogP contribution in [0.1, 0.15) is 31.2 Å². The van der Waals surface area contributed by atoms with Crippen molar-refractivity contribution >= 4 is 28.4 Å². The molecule has 0 saturated carbocycles. The minimum Gasteiger partial charge on any atom is -0.497 e. The second kappa shape index (κ2) is 9.20. The molecule has 0 unspecified atom stereocenters. The quantitative estimate of drug-likeness (QED) is 0.658. The number of anilines is 2. The van der Waals surface area contributed by atoms with Crippen LogP contribution in [-0.2, 0) is 11.3 Å². The minimum atomic E-state index is -0.138. The van der Waals surface area contributed by atoms with Crippen LogP contribution in [0.25, 0.3) is 11.0 Å². The zero-order chi connectivity index (χ0) is 21.8. The smallest absolute Gasteiger partial charge is 0.294 e. The van der Waals surface area contributed by atoms with Gasteiger partial charge in [-0.1, -0.05) is 12.1 Å². The topological polar surface area (TPSA) is 76.5 Å². The number of nitrogens with one attached hydrogen (secondary N) is 1. The summed E-state index contributed by atoms with van der Waals surface area (Å²) in [6, 6.07) is 13.1. The van der Waals surface area contributed by atoms with Gasteiger partial charge >= 0.3 is 0 Å². The van der Waals surface area contributed by atoms with Gasteiger partial charge < -0.3 is 19.5 Å². The van der Waals surface area contributed by atoms with Crippen molar-refractivity contribution in [2.75, 3.05) is 30.4 Å². The molecule has 1 amide bonds. The van der Waals surface area contributed by atoms with E-state index in [1.807, 2.05) is 49.4 Å². The maximum absolute atomic E-state index is 13.3. The molecule has 1 saturated heterocycles. The average molecular weight is 421 g/mol. The molecule has 0 radical (unpaired) electrons. The Bertz CT molecular complexity index is 1150. The molecule has 2 aromatic carbocycles. The monoisotopic (exact) mass is 420 g/mol. The summed E-state index contributed by atoms with van der Waals surface area (Å²) in [5, 5.41) is 2.94. The molecule has 0 bridgehead atoms. The molecule has 7 heteroatoms. The van der Waals surface area contributed by atoms with Gasteiger partial charge in [0.2, 0.25) is 5.91 Å². The van der Waals surface area contributed by atoms with Gasteiger partial charge in [-0.3, -0.25) is 9.59 Å². The second-order valence-corrected chi connectivity index (χ2v) is 7.91. The maximum atomic E-state index is 13.3. The number of rotatable bonds is 6. The highest BCUT2D eigenvalue weighted by Gasteiger charge is 2.19. The van der Waals surface area contributed by atoms with Crippen molar-refractivity contribution in [3.05, 3.63) is 58.4 Å². The van der Waals surface area contributed by atoms with E-state index < -0.39 is 0 Å². The SMILES string of the molecule is COc1ccc(NC(=O)CCn2c(=O)c(N3CCCCC3)nc3ccccc32)c(C)c1. The third-order valence-corrected chi connectivity index (χ3v) is 5.76. The Labute approximate surface area is 181 Å². The first-order valence-electron chi connectivity index (χ1n) is 10.8. The Morgan fingerprint density at radius 3 is 2.65 bits per heavy atom. The summed E-state index contributed by atoms with van der Waals surface area (Å²) < 4.78 is 6.90. The summed E-state index contributed by atoms with van der Waals surface area (Å²) in [7, 11) is 1.61. The zero-order valence-electron chi connectivity index (χ0n) is 18.1. The number of aromatic nitrogens is 2. The van der Waals surface area contributed by atoms with Crippen LogP contribution in [0.3, 0.4) is 0 Å². The molecular weight excluding hydrogens is 392 g/mol. The number of para-hydroxylation sites is 2. The predicted molar refractivity (Wildman–Crippen MR) is 123 cm³/mol. The van der Waals surface area contributed by atoms with E-state index in [1.165, 1.54) is 6.42 Å². The fourth-order valence-electron chi connectivity index (χ4n) is 4.04. The number of carbonyl (C=O) groups excluding carboxylic acids is 1. The van der Waals surface area contributed by atoms with Crippen LogP contribution in [0.2, 0.25) is 0 Å². The summed E-state index contributed by atoms with van der Waals surface area (Å²) in [6.45, 7) is 3.91. The van der Waals surface area contributed by atoms with Gasteiger partial charge in [0.25, 0.3) is 5.56 Å². The number of fused-ring (bicyclic) bond motifs is 1. The Hall–Kier alpha value is -3.35. The second-order valence-electron chi connectivity index (χ2n) is 7.91. The molecule has 1 aromatic heterocycles. The molecule has 1 aliphatic rings.